The standard InChI is InChI=1S/C18H13ClN2O4/c1-10(22)11-4-2-5-12(8-11)20-15(23)9-21-17(24)13-6-3-7-14(19)16(13)18(21)25/h2-8H,9H2,1H3,(H,20,23). The van der Waals surface area contributed by atoms with Crippen LogP contribution in [-0.2, 0) is 4.79 Å². The number of hydrogen-bond acceptors (Lipinski definition) is 4. The molecule has 6 nitrogen and oxygen atoms in total. The maximum atomic E-state index is 12.4. The third kappa shape index (κ3) is 3.16. The number of benzene rings is 2. The molecule has 1 heterocycles. The topological polar surface area (TPSA) is 83.6 Å². The number of anilines is 1. The van der Waals surface area contributed by atoms with Gasteiger partial charge < -0.3 is 5.32 Å². The molecule has 0 saturated carbocycles. The lowest BCUT2D eigenvalue weighted by Gasteiger charge is -2.14. The minimum atomic E-state index is -0.599. The van der Waals surface area contributed by atoms with Crippen LogP contribution in [0.15, 0.2) is 42.5 Å². The second kappa shape index (κ2) is 6.49. The molecule has 0 bridgehead atoms. The molecule has 25 heavy (non-hydrogen) atoms. The van der Waals surface area contributed by atoms with E-state index in [0.717, 1.165) is 4.90 Å². The van der Waals surface area contributed by atoms with Crippen molar-refractivity contribution in [1.82, 2.24) is 4.90 Å². The highest BCUT2D eigenvalue weighted by Gasteiger charge is 2.38. The number of hydrogen-bond donors (Lipinski definition) is 1. The first kappa shape index (κ1) is 16.9. The molecule has 126 valence electrons. The van der Waals surface area contributed by atoms with Crippen LogP contribution in [0.25, 0.3) is 0 Å². The number of carbonyl (C=O) groups excluding carboxylic acids is 4. The molecule has 0 aromatic heterocycles. The zero-order valence-electron chi connectivity index (χ0n) is 13.2. The fraction of sp³-hybridized carbons (Fsp3) is 0.111. The van der Waals surface area contributed by atoms with Crippen LogP contribution < -0.4 is 5.32 Å². The molecule has 3 amide bonds. The van der Waals surface area contributed by atoms with Crippen molar-refractivity contribution in [2.45, 2.75) is 6.92 Å². The largest absolute Gasteiger partial charge is 0.325 e. The number of rotatable bonds is 4. The summed E-state index contributed by atoms with van der Waals surface area (Å²) < 4.78 is 0. The summed E-state index contributed by atoms with van der Waals surface area (Å²) in [6.07, 6.45) is 0. The third-order valence-electron chi connectivity index (χ3n) is 3.80. The molecule has 0 atom stereocenters. The predicted molar refractivity (Wildman–Crippen MR) is 91.9 cm³/mol. The van der Waals surface area contributed by atoms with E-state index in [1.54, 1.807) is 24.3 Å². The molecule has 2 aromatic rings. The van der Waals surface area contributed by atoms with Crippen LogP contribution in [-0.4, -0.2) is 34.9 Å². The summed E-state index contributed by atoms with van der Waals surface area (Å²) in [6, 6.07) is 11.0. The summed E-state index contributed by atoms with van der Waals surface area (Å²) in [6.45, 7) is 0.983. The second-order valence-corrected chi connectivity index (χ2v) is 5.95. The van der Waals surface area contributed by atoms with Crippen LogP contribution in [0.3, 0.4) is 0 Å². The van der Waals surface area contributed by atoms with E-state index in [0.29, 0.717) is 11.3 Å². The van der Waals surface area contributed by atoms with Gasteiger partial charge in [-0.2, -0.15) is 0 Å². The van der Waals surface area contributed by atoms with Gasteiger partial charge in [-0.05, 0) is 31.2 Å². The molecule has 1 N–H and O–H groups in total. The van der Waals surface area contributed by atoms with Crippen molar-refractivity contribution in [3.05, 3.63) is 64.2 Å². The number of fused-ring (bicyclic) bond motifs is 1. The molecule has 7 heteroatoms. The van der Waals surface area contributed by atoms with E-state index in [1.807, 2.05) is 0 Å². The molecular formula is C18H13ClN2O4. The highest BCUT2D eigenvalue weighted by Crippen LogP contribution is 2.28. The molecule has 1 aliphatic heterocycles. The van der Waals surface area contributed by atoms with E-state index < -0.39 is 24.3 Å². The molecule has 0 aliphatic carbocycles. The lowest BCUT2D eigenvalue weighted by molar-refractivity contribution is -0.116. The van der Waals surface area contributed by atoms with E-state index in [9.17, 15) is 19.2 Å². The van der Waals surface area contributed by atoms with Crippen LogP contribution in [0, 0.1) is 0 Å². The number of ketones is 1. The predicted octanol–water partition coefficient (Wildman–Crippen LogP) is 2.78. The van der Waals surface area contributed by atoms with Crippen LogP contribution in [0.4, 0.5) is 5.69 Å². The number of amides is 3. The molecule has 0 saturated heterocycles. The lowest BCUT2D eigenvalue weighted by atomic mass is 10.1. The normalized spacial score (nSPS) is 13.0. The average Bonchev–Trinajstić information content (AvgIpc) is 2.81. The van der Waals surface area contributed by atoms with Crippen molar-refractivity contribution in [1.29, 1.82) is 0 Å². The molecular weight excluding hydrogens is 344 g/mol. The molecule has 0 radical (unpaired) electrons. The van der Waals surface area contributed by atoms with Crippen molar-refractivity contribution in [3.8, 4) is 0 Å². The highest BCUT2D eigenvalue weighted by molar-refractivity contribution is 6.37. The molecule has 0 spiro atoms. The smallest absolute Gasteiger partial charge is 0.263 e. The minimum absolute atomic E-state index is 0.112. The Hall–Kier alpha value is -2.99. The van der Waals surface area contributed by atoms with Crippen molar-refractivity contribution < 1.29 is 19.2 Å². The van der Waals surface area contributed by atoms with E-state index in [-0.39, 0.29) is 21.9 Å². The fourth-order valence-corrected chi connectivity index (χ4v) is 2.85. The van der Waals surface area contributed by atoms with Gasteiger partial charge in [-0.25, -0.2) is 0 Å². The van der Waals surface area contributed by atoms with E-state index in [4.69, 9.17) is 11.6 Å². The van der Waals surface area contributed by atoms with Crippen LogP contribution in [0.2, 0.25) is 5.02 Å². The van der Waals surface area contributed by atoms with Gasteiger partial charge in [-0.3, -0.25) is 24.1 Å². The summed E-state index contributed by atoms with van der Waals surface area (Å²) in [4.78, 5) is 49.1. The van der Waals surface area contributed by atoms with Crippen molar-refractivity contribution in [3.63, 3.8) is 0 Å². The van der Waals surface area contributed by atoms with Gasteiger partial charge in [0.2, 0.25) is 5.91 Å². The van der Waals surface area contributed by atoms with Gasteiger partial charge in [0.15, 0.2) is 5.78 Å². The third-order valence-corrected chi connectivity index (χ3v) is 4.12. The van der Waals surface area contributed by atoms with Gasteiger partial charge in [-0.1, -0.05) is 29.8 Å². The maximum Gasteiger partial charge on any atom is 0.263 e. The molecule has 1 aliphatic rings. The van der Waals surface area contributed by atoms with Crippen LogP contribution >= 0.6 is 11.6 Å². The quantitative estimate of drug-likeness (QED) is 0.674. The molecule has 0 unspecified atom stereocenters. The zero-order chi connectivity index (χ0) is 18.1. The molecule has 3 rings (SSSR count). The van der Waals surface area contributed by atoms with Gasteiger partial charge >= 0.3 is 0 Å². The summed E-state index contributed by atoms with van der Waals surface area (Å²) in [7, 11) is 0. The van der Waals surface area contributed by atoms with E-state index in [2.05, 4.69) is 5.32 Å². The molecule has 0 fully saturated rings. The minimum Gasteiger partial charge on any atom is -0.325 e. The van der Waals surface area contributed by atoms with Gasteiger partial charge in [0, 0.05) is 11.3 Å². The Morgan fingerprint density at radius 1 is 1.08 bits per heavy atom. The van der Waals surface area contributed by atoms with Crippen molar-refractivity contribution >= 4 is 40.8 Å². The lowest BCUT2D eigenvalue weighted by Crippen LogP contribution is -2.37. The first-order valence-electron chi connectivity index (χ1n) is 7.44. The Kier molecular flexibility index (Phi) is 4.37. The summed E-state index contributed by atoms with van der Waals surface area (Å²) in [5, 5.41) is 2.75. The van der Waals surface area contributed by atoms with Crippen molar-refractivity contribution in [2.75, 3.05) is 11.9 Å². The first-order chi connectivity index (χ1) is 11.9. The number of nitrogens with one attached hydrogen (secondary N) is 1. The van der Waals surface area contributed by atoms with Gasteiger partial charge in [0.1, 0.15) is 6.54 Å². The average molecular weight is 357 g/mol. The fourth-order valence-electron chi connectivity index (χ4n) is 2.60. The Labute approximate surface area is 148 Å². The highest BCUT2D eigenvalue weighted by atomic mass is 35.5. The Morgan fingerprint density at radius 2 is 1.80 bits per heavy atom. The SMILES string of the molecule is CC(=O)c1cccc(NC(=O)CN2C(=O)c3cccc(Cl)c3C2=O)c1. The molecule has 2 aromatic carbocycles. The number of halogens is 1. The van der Waals surface area contributed by atoms with Gasteiger partial charge in [0.25, 0.3) is 11.8 Å². The van der Waals surface area contributed by atoms with E-state index in [1.165, 1.54) is 25.1 Å². The number of Topliss-reactive ketones (excluding diaryl/α,β-unsaturated/α-hetero) is 1. The second-order valence-electron chi connectivity index (χ2n) is 5.54. The summed E-state index contributed by atoms with van der Waals surface area (Å²) in [5.74, 6) is -1.84. The number of nitrogens with zero attached hydrogens (tertiary/aromatic N) is 1. The van der Waals surface area contributed by atoms with Crippen molar-refractivity contribution in [2.24, 2.45) is 0 Å². The van der Waals surface area contributed by atoms with Crippen LogP contribution in [0.5, 0.6) is 0 Å². The number of carbonyl (C=O) groups is 4. The maximum absolute atomic E-state index is 12.4. The Balaban J connectivity index is 1.75. The monoisotopic (exact) mass is 356 g/mol. The van der Waals surface area contributed by atoms with Gasteiger partial charge in [0.05, 0.1) is 16.1 Å². The van der Waals surface area contributed by atoms with Crippen LogP contribution in [0.1, 0.15) is 38.0 Å². The van der Waals surface area contributed by atoms with E-state index >= 15 is 0 Å². The number of imide groups is 1. The Bertz CT molecular complexity index is 923. The van der Waals surface area contributed by atoms with Gasteiger partial charge in [-0.15, -0.1) is 0 Å². The Morgan fingerprint density at radius 3 is 2.48 bits per heavy atom. The summed E-state index contributed by atoms with van der Waals surface area (Å²) >= 11 is 5.98. The zero-order valence-corrected chi connectivity index (χ0v) is 14.0. The first-order valence-corrected chi connectivity index (χ1v) is 7.82. The summed E-state index contributed by atoms with van der Waals surface area (Å²) in [5.41, 5.74) is 1.15.